The monoisotopic (exact) mass is 347 g/mol. The Morgan fingerprint density at radius 2 is 1.83 bits per heavy atom. The quantitative estimate of drug-likeness (QED) is 0.643. The summed E-state index contributed by atoms with van der Waals surface area (Å²) in [6, 6.07) is 12.9. The Labute approximate surface area is 144 Å². The zero-order valence-electron chi connectivity index (χ0n) is 13.4. The van der Waals surface area contributed by atoms with E-state index in [0.29, 0.717) is 5.56 Å². The van der Waals surface area contributed by atoms with Crippen molar-refractivity contribution in [2.75, 3.05) is 6.26 Å². The van der Waals surface area contributed by atoms with Gasteiger partial charge in [0.25, 0.3) is 5.91 Å². The van der Waals surface area contributed by atoms with E-state index >= 15 is 0 Å². The number of benzene rings is 2. The maximum Gasteiger partial charge on any atom is 0.340 e. The summed E-state index contributed by atoms with van der Waals surface area (Å²) >= 11 is 1.44. The second-order valence-corrected chi connectivity index (χ2v) is 5.94. The summed E-state index contributed by atoms with van der Waals surface area (Å²) in [6.07, 6.45) is 0.943. The zero-order chi connectivity index (χ0) is 17.5. The highest BCUT2D eigenvalue weighted by atomic mass is 32.2. The number of thioether (sulfide) groups is 1. The molecular weight excluding hydrogens is 329 g/mol. The first kappa shape index (κ1) is 18.0. The highest BCUT2D eigenvalue weighted by Gasteiger charge is 2.20. The molecule has 1 atom stereocenters. The molecule has 2 rings (SSSR count). The third-order valence-electron chi connectivity index (χ3n) is 3.36. The van der Waals surface area contributed by atoms with Crippen molar-refractivity contribution < 1.29 is 18.7 Å². The summed E-state index contributed by atoms with van der Waals surface area (Å²) in [5.74, 6) is -1.28. The molecule has 0 bridgehead atoms. The standard InChI is InChI=1S/C18H18FNO3S/c1-12(17(21)20-11-13-7-9-14(19)10-8-13)23-18(22)15-5-3-4-6-16(15)24-2/h3-10,12H,11H2,1-2H3,(H,20,21). The summed E-state index contributed by atoms with van der Waals surface area (Å²) in [5.41, 5.74) is 1.19. The third kappa shape index (κ3) is 4.83. The van der Waals surface area contributed by atoms with Gasteiger partial charge in [-0.2, -0.15) is 0 Å². The number of rotatable bonds is 6. The lowest BCUT2D eigenvalue weighted by atomic mass is 10.2. The molecule has 0 saturated heterocycles. The molecule has 0 aromatic heterocycles. The van der Waals surface area contributed by atoms with Crippen LogP contribution in [0.25, 0.3) is 0 Å². The Morgan fingerprint density at radius 3 is 2.50 bits per heavy atom. The fourth-order valence-corrected chi connectivity index (χ4v) is 2.61. The third-order valence-corrected chi connectivity index (χ3v) is 4.16. The lowest BCUT2D eigenvalue weighted by Gasteiger charge is -2.14. The van der Waals surface area contributed by atoms with Crippen molar-refractivity contribution in [2.24, 2.45) is 0 Å². The number of esters is 1. The summed E-state index contributed by atoms with van der Waals surface area (Å²) in [6.45, 7) is 1.75. The summed E-state index contributed by atoms with van der Waals surface area (Å²) in [5, 5.41) is 2.66. The molecule has 4 nitrogen and oxygen atoms in total. The minimum absolute atomic E-state index is 0.238. The van der Waals surface area contributed by atoms with Gasteiger partial charge in [0.15, 0.2) is 6.10 Å². The van der Waals surface area contributed by atoms with Crippen LogP contribution in [-0.2, 0) is 16.1 Å². The van der Waals surface area contributed by atoms with Gasteiger partial charge in [-0.15, -0.1) is 11.8 Å². The lowest BCUT2D eigenvalue weighted by Crippen LogP contribution is -2.35. The number of nitrogens with one attached hydrogen (secondary N) is 1. The van der Waals surface area contributed by atoms with Gasteiger partial charge in [-0.1, -0.05) is 24.3 Å². The molecule has 0 radical (unpaired) electrons. The van der Waals surface area contributed by atoms with Gasteiger partial charge in [-0.3, -0.25) is 4.79 Å². The Hall–Kier alpha value is -2.34. The van der Waals surface area contributed by atoms with E-state index in [-0.39, 0.29) is 12.4 Å². The number of hydrogen-bond donors (Lipinski definition) is 1. The topological polar surface area (TPSA) is 55.4 Å². The number of amides is 1. The van der Waals surface area contributed by atoms with Gasteiger partial charge in [0.05, 0.1) is 5.56 Å². The predicted molar refractivity (Wildman–Crippen MR) is 91.3 cm³/mol. The highest BCUT2D eigenvalue weighted by Crippen LogP contribution is 2.21. The molecule has 1 amide bonds. The first-order valence-corrected chi connectivity index (χ1v) is 8.60. The van der Waals surface area contributed by atoms with Gasteiger partial charge in [0.2, 0.25) is 0 Å². The molecule has 2 aromatic carbocycles. The summed E-state index contributed by atoms with van der Waals surface area (Å²) in [7, 11) is 0. The fraction of sp³-hybridized carbons (Fsp3) is 0.222. The first-order chi connectivity index (χ1) is 11.5. The largest absolute Gasteiger partial charge is 0.449 e. The second kappa shape index (κ2) is 8.49. The van der Waals surface area contributed by atoms with Crippen LogP contribution < -0.4 is 5.32 Å². The molecule has 2 aromatic rings. The van der Waals surface area contributed by atoms with Crippen LogP contribution in [0.15, 0.2) is 53.4 Å². The SMILES string of the molecule is CSc1ccccc1C(=O)OC(C)C(=O)NCc1ccc(F)cc1. The number of ether oxygens (including phenoxy) is 1. The molecule has 0 fully saturated rings. The van der Waals surface area contributed by atoms with Gasteiger partial charge in [-0.05, 0) is 43.0 Å². The van der Waals surface area contributed by atoms with Crippen molar-refractivity contribution in [3.8, 4) is 0 Å². The molecule has 0 aliphatic rings. The fourth-order valence-electron chi connectivity index (χ4n) is 2.03. The van der Waals surface area contributed by atoms with E-state index in [1.807, 2.05) is 18.4 Å². The van der Waals surface area contributed by atoms with Crippen LogP contribution in [0.4, 0.5) is 4.39 Å². The average molecular weight is 347 g/mol. The average Bonchev–Trinajstić information content (AvgIpc) is 2.60. The minimum atomic E-state index is -0.923. The van der Waals surface area contributed by atoms with Gasteiger partial charge in [-0.25, -0.2) is 9.18 Å². The zero-order valence-corrected chi connectivity index (χ0v) is 14.2. The van der Waals surface area contributed by atoms with Crippen LogP contribution in [-0.4, -0.2) is 24.2 Å². The minimum Gasteiger partial charge on any atom is -0.449 e. The van der Waals surface area contributed by atoms with Crippen LogP contribution in [0.3, 0.4) is 0 Å². The molecule has 24 heavy (non-hydrogen) atoms. The maximum absolute atomic E-state index is 12.8. The summed E-state index contributed by atoms with van der Waals surface area (Å²) < 4.78 is 18.1. The summed E-state index contributed by atoms with van der Waals surface area (Å²) in [4.78, 5) is 25.0. The molecule has 0 heterocycles. The van der Waals surface area contributed by atoms with Crippen molar-refractivity contribution >= 4 is 23.6 Å². The van der Waals surface area contributed by atoms with Crippen LogP contribution in [0, 0.1) is 5.82 Å². The van der Waals surface area contributed by atoms with Crippen LogP contribution in [0.5, 0.6) is 0 Å². The van der Waals surface area contributed by atoms with Crippen molar-refractivity contribution in [2.45, 2.75) is 24.5 Å². The van der Waals surface area contributed by atoms with Crippen molar-refractivity contribution in [3.63, 3.8) is 0 Å². The molecule has 1 unspecified atom stereocenters. The Kier molecular flexibility index (Phi) is 6.37. The van der Waals surface area contributed by atoms with E-state index in [1.165, 1.54) is 30.8 Å². The van der Waals surface area contributed by atoms with E-state index in [0.717, 1.165) is 10.5 Å². The molecule has 126 valence electrons. The number of carbonyl (C=O) groups excluding carboxylic acids is 2. The van der Waals surface area contributed by atoms with Crippen molar-refractivity contribution in [1.29, 1.82) is 0 Å². The van der Waals surface area contributed by atoms with Crippen LogP contribution in [0.1, 0.15) is 22.8 Å². The van der Waals surface area contributed by atoms with E-state index in [2.05, 4.69) is 5.32 Å². The lowest BCUT2D eigenvalue weighted by molar-refractivity contribution is -0.129. The van der Waals surface area contributed by atoms with Gasteiger partial charge in [0, 0.05) is 11.4 Å². The van der Waals surface area contributed by atoms with E-state index < -0.39 is 18.0 Å². The van der Waals surface area contributed by atoms with Crippen LogP contribution >= 0.6 is 11.8 Å². The number of hydrogen-bond acceptors (Lipinski definition) is 4. The molecule has 0 aliphatic carbocycles. The number of halogens is 1. The molecule has 1 N–H and O–H groups in total. The van der Waals surface area contributed by atoms with Crippen molar-refractivity contribution in [1.82, 2.24) is 5.32 Å². The van der Waals surface area contributed by atoms with Gasteiger partial charge < -0.3 is 10.1 Å². The Bertz CT molecular complexity index is 718. The van der Waals surface area contributed by atoms with Gasteiger partial charge in [0.1, 0.15) is 5.82 Å². The van der Waals surface area contributed by atoms with Gasteiger partial charge >= 0.3 is 5.97 Å². The highest BCUT2D eigenvalue weighted by molar-refractivity contribution is 7.98. The van der Waals surface area contributed by atoms with Crippen molar-refractivity contribution in [3.05, 3.63) is 65.5 Å². The smallest absolute Gasteiger partial charge is 0.340 e. The first-order valence-electron chi connectivity index (χ1n) is 7.37. The van der Waals surface area contributed by atoms with E-state index in [9.17, 15) is 14.0 Å². The van der Waals surface area contributed by atoms with E-state index in [4.69, 9.17) is 4.74 Å². The second-order valence-electron chi connectivity index (χ2n) is 5.09. The Balaban J connectivity index is 1.91. The van der Waals surface area contributed by atoms with E-state index in [1.54, 1.807) is 24.3 Å². The molecule has 0 aliphatic heterocycles. The molecule has 0 saturated carbocycles. The molecule has 6 heteroatoms. The normalized spacial score (nSPS) is 11.6. The Morgan fingerprint density at radius 1 is 1.17 bits per heavy atom. The predicted octanol–water partition coefficient (Wildman–Crippen LogP) is 3.41. The number of carbonyl (C=O) groups is 2. The molecule has 0 spiro atoms. The molecular formula is C18H18FNO3S. The van der Waals surface area contributed by atoms with Crippen LogP contribution in [0.2, 0.25) is 0 Å². The maximum atomic E-state index is 12.8.